The summed E-state index contributed by atoms with van der Waals surface area (Å²) in [7, 11) is 0. The second-order valence-electron chi connectivity index (χ2n) is 16.5. The summed E-state index contributed by atoms with van der Waals surface area (Å²) in [6.45, 7) is 0. The van der Waals surface area contributed by atoms with Gasteiger partial charge in [-0.2, -0.15) is 34.2 Å². The zero-order valence-electron chi connectivity index (χ0n) is 35.7. The van der Waals surface area contributed by atoms with Gasteiger partial charge in [0.25, 0.3) is 0 Å². The molecule has 0 spiro atoms. The second kappa shape index (κ2) is 16.1. The molecule has 2 heterocycles. The van der Waals surface area contributed by atoms with E-state index >= 15 is 0 Å². The average molecular weight is 881 g/mol. The maximum atomic E-state index is 15.0. The van der Waals surface area contributed by atoms with Crippen molar-refractivity contribution in [2.45, 2.75) is 6.18 Å². The average Bonchev–Trinajstić information content (AvgIpc) is 3.89. The molecule has 11 aromatic rings. The summed E-state index contributed by atoms with van der Waals surface area (Å²) >= 11 is 0. The zero-order valence-corrected chi connectivity index (χ0v) is 35.7. The van der Waals surface area contributed by atoms with Crippen molar-refractivity contribution in [2.75, 3.05) is 0 Å². The summed E-state index contributed by atoms with van der Waals surface area (Å²) in [5.41, 5.74) is 9.88. The van der Waals surface area contributed by atoms with Crippen molar-refractivity contribution in [3.63, 3.8) is 0 Å². The molecule has 0 saturated heterocycles. The lowest BCUT2D eigenvalue weighted by molar-refractivity contribution is -0.137. The molecule has 68 heavy (non-hydrogen) atoms. The maximum Gasteiger partial charge on any atom is 0.417 e. The van der Waals surface area contributed by atoms with Gasteiger partial charge >= 0.3 is 6.18 Å². The molecule has 0 unspecified atom stereocenters. The summed E-state index contributed by atoms with van der Waals surface area (Å²) < 4.78 is 49.1. The molecule has 0 radical (unpaired) electrons. The minimum atomic E-state index is -4.78. The predicted octanol–water partition coefficient (Wildman–Crippen LogP) is 15.1. The summed E-state index contributed by atoms with van der Waals surface area (Å²) in [4.78, 5) is 0. The first-order chi connectivity index (χ1) is 33.2. The minimum Gasteiger partial charge on any atom is -0.309 e. The van der Waals surface area contributed by atoms with Crippen molar-refractivity contribution >= 4 is 43.6 Å². The van der Waals surface area contributed by atoms with Gasteiger partial charge in [-0.15, -0.1) is 0 Å². The van der Waals surface area contributed by atoms with Gasteiger partial charge in [0.2, 0.25) is 0 Å². The molecule has 318 valence electrons. The summed E-state index contributed by atoms with van der Waals surface area (Å²) in [6, 6.07) is 66.0. The lowest BCUT2D eigenvalue weighted by Gasteiger charge is -2.21. The van der Waals surface area contributed by atoms with Crippen molar-refractivity contribution in [1.29, 1.82) is 21.0 Å². The molecule has 2 aromatic heterocycles. The van der Waals surface area contributed by atoms with Crippen LogP contribution in [0, 0.1) is 45.3 Å². The van der Waals surface area contributed by atoms with Crippen LogP contribution in [0.25, 0.3) is 99.5 Å². The highest BCUT2D eigenvalue weighted by atomic mass is 19.4. The first-order valence-electron chi connectivity index (χ1n) is 21.5. The van der Waals surface area contributed by atoms with E-state index in [1.807, 2.05) is 121 Å². The quantitative estimate of drug-likeness (QED) is 0.166. The largest absolute Gasteiger partial charge is 0.417 e. The molecule has 0 aliphatic rings. The van der Waals surface area contributed by atoms with Gasteiger partial charge in [0.1, 0.15) is 0 Å². The number of nitrogens with zero attached hydrogens (tertiary/aromatic N) is 6. The minimum absolute atomic E-state index is 0.109. The number of fused-ring (bicyclic) bond motifs is 6. The Labute approximate surface area is 387 Å². The van der Waals surface area contributed by atoms with E-state index < -0.39 is 11.7 Å². The molecular weight excluding hydrogens is 850 g/mol. The number of hydrogen-bond donors (Lipinski definition) is 0. The van der Waals surface area contributed by atoms with Crippen molar-refractivity contribution in [3.8, 4) is 80.2 Å². The maximum absolute atomic E-state index is 15.0. The summed E-state index contributed by atoms with van der Waals surface area (Å²) in [5.74, 6) is 0. The van der Waals surface area contributed by atoms with Crippen molar-refractivity contribution in [1.82, 2.24) is 9.13 Å². The topological polar surface area (TPSA) is 105 Å². The number of rotatable bonds is 6. The highest BCUT2D eigenvalue weighted by Crippen LogP contribution is 2.46. The van der Waals surface area contributed by atoms with Gasteiger partial charge in [-0.25, -0.2) is 0 Å². The van der Waals surface area contributed by atoms with E-state index in [1.54, 1.807) is 42.5 Å². The second-order valence-corrected chi connectivity index (χ2v) is 16.5. The monoisotopic (exact) mass is 880 g/mol. The van der Waals surface area contributed by atoms with Crippen molar-refractivity contribution in [3.05, 3.63) is 216 Å². The molecule has 11 rings (SSSR count). The number of alkyl halides is 3. The standard InChI is InChI=1S/C59H31F3N6/c60-59(61,62)51-28-38(34-65)16-24-45(51)43-23-27-56(67-52-9-3-1-7-46(52)48-29-41(21-25-54(48)67)39-17-12-36(32-63)13-18-39)50(31-43)58-44(35-66)6-5-11-57(58)68-53-10-4-2-8-47(53)49-30-42(22-26-55(49)68)40-19-14-37(33-64)15-20-40/h1-31H. The third-order valence-corrected chi connectivity index (χ3v) is 12.7. The van der Waals surface area contributed by atoms with E-state index in [0.717, 1.165) is 71.9 Å². The molecule has 0 N–H and O–H groups in total. The fraction of sp³-hybridized carbons (Fsp3) is 0.0169. The third-order valence-electron chi connectivity index (χ3n) is 12.7. The van der Waals surface area contributed by atoms with Crippen LogP contribution < -0.4 is 0 Å². The lowest BCUT2D eigenvalue weighted by atomic mass is 9.90. The van der Waals surface area contributed by atoms with Crippen LogP contribution >= 0.6 is 0 Å². The van der Waals surface area contributed by atoms with Crippen LogP contribution in [-0.4, -0.2) is 9.13 Å². The van der Waals surface area contributed by atoms with E-state index in [9.17, 15) is 34.2 Å². The van der Waals surface area contributed by atoms with Gasteiger partial charge in [0.05, 0.1) is 85.5 Å². The fourth-order valence-electron chi connectivity index (χ4n) is 9.60. The Kier molecular flexibility index (Phi) is 9.72. The molecule has 9 heteroatoms. The molecule has 0 saturated carbocycles. The van der Waals surface area contributed by atoms with Crippen LogP contribution in [0.5, 0.6) is 0 Å². The molecule has 0 atom stereocenters. The van der Waals surface area contributed by atoms with Crippen molar-refractivity contribution in [2.24, 2.45) is 0 Å². The van der Waals surface area contributed by atoms with E-state index in [0.29, 0.717) is 39.2 Å². The van der Waals surface area contributed by atoms with Crippen LogP contribution in [0.2, 0.25) is 0 Å². The van der Waals surface area contributed by atoms with Gasteiger partial charge in [-0.1, -0.05) is 91.0 Å². The van der Waals surface area contributed by atoms with Crippen molar-refractivity contribution < 1.29 is 13.2 Å². The smallest absolute Gasteiger partial charge is 0.309 e. The van der Waals surface area contributed by atoms with Gasteiger partial charge < -0.3 is 9.13 Å². The Hall–Kier alpha value is -9.67. The van der Waals surface area contributed by atoms with Gasteiger partial charge in [-0.3, -0.25) is 0 Å². The zero-order chi connectivity index (χ0) is 46.7. The predicted molar refractivity (Wildman–Crippen MR) is 261 cm³/mol. The Morgan fingerprint density at radius 3 is 1.37 bits per heavy atom. The highest BCUT2D eigenvalue weighted by molar-refractivity contribution is 6.13. The van der Waals surface area contributed by atoms with E-state index in [2.05, 4.69) is 39.5 Å². The van der Waals surface area contributed by atoms with Gasteiger partial charge in [0.15, 0.2) is 0 Å². The fourth-order valence-corrected chi connectivity index (χ4v) is 9.60. The van der Waals surface area contributed by atoms with Crippen LogP contribution in [0.1, 0.15) is 27.8 Å². The number of hydrogen-bond acceptors (Lipinski definition) is 4. The number of benzene rings is 9. The van der Waals surface area contributed by atoms with E-state index in [4.69, 9.17) is 0 Å². The Morgan fingerprint density at radius 1 is 0.353 bits per heavy atom. The first kappa shape index (κ1) is 41.1. The summed E-state index contributed by atoms with van der Waals surface area (Å²) in [5, 5.41) is 43.4. The molecule has 0 aliphatic carbocycles. The molecule has 0 aliphatic heterocycles. The molecule has 6 nitrogen and oxygen atoms in total. The Bertz CT molecular complexity index is 4050. The van der Waals surface area contributed by atoms with E-state index in [1.165, 1.54) is 12.1 Å². The SMILES string of the molecule is N#Cc1ccc(-c2ccc3c(c2)c2ccccc2n3-c2ccc(-c3ccc(C#N)cc3C(F)(F)F)cc2-c2c(C#N)cccc2-n2c3ccccc3c3cc(-c4ccc(C#N)cc4)ccc32)cc1. The van der Waals surface area contributed by atoms with Crippen LogP contribution in [0.3, 0.4) is 0 Å². The highest BCUT2D eigenvalue weighted by Gasteiger charge is 2.34. The Morgan fingerprint density at radius 2 is 0.838 bits per heavy atom. The number of aromatic nitrogens is 2. The number of halogens is 3. The molecule has 9 aromatic carbocycles. The van der Waals surface area contributed by atoms with Crippen LogP contribution in [-0.2, 0) is 6.18 Å². The number of para-hydroxylation sites is 2. The molecule has 0 fully saturated rings. The van der Waals surface area contributed by atoms with Gasteiger partial charge in [-0.05, 0) is 130 Å². The van der Waals surface area contributed by atoms with E-state index in [-0.39, 0.29) is 16.7 Å². The summed E-state index contributed by atoms with van der Waals surface area (Å²) in [6.07, 6.45) is -4.78. The van der Waals surface area contributed by atoms with Crippen LogP contribution in [0.4, 0.5) is 13.2 Å². The van der Waals surface area contributed by atoms with Gasteiger partial charge in [0, 0.05) is 32.7 Å². The number of nitriles is 4. The third kappa shape index (κ3) is 6.71. The van der Waals surface area contributed by atoms with Crippen LogP contribution in [0.15, 0.2) is 188 Å². The first-order valence-corrected chi connectivity index (χ1v) is 21.5. The Balaban J connectivity index is 1.22. The lowest BCUT2D eigenvalue weighted by Crippen LogP contribution is -2.08. The molecular formula is C59H31F3N6. The normalized spacial score (nSPS) is 11.4. The molecule has 0 amide bonds. The molecule has 0 bridgehead atoms.